The number of hydrogen-bond acceptors (Lipinski definition) is 2. The van der Waals surface area contributed by atoms with Crippen LogP contribution in [-0.4, -0.2) is 36.0 Å². The van der Waals surface area contributed by atoms with Crippen LogP contribution in [0.5, 0.6) is 0 Å². The Hall–Kier alpha value is -2.84. The van der Waals surface area contributed by atoms with Gasteiger partial charge in [0.15, 0.2) is 0 Å². The summed E-state index contributed by atoms with van der Waals surface area (Å²) < 4.78 is 56.1. The van der Waals surface area contributed by atoms with Gasteiger partial charge >= 0.3 is 6.18 Å². The average molecular weight is 468 g/mol. The first-order chi connectivity index (χ1) is 15.0. The van der Waals surface area contributed by atoms with Crippen LogP contribution >= 0.6 is 11.8 Å². The Morgan fingerprint density at radius 1 is 1.19 bits per heavy atom. The molecule has 0 saturated heterocycles. The molecule has 0 atom stereocenters. The van der Waals surface area contributed by atoms with Crippen LogP contribution < -0.4 is 4.84 Å². The molecule has 4 nitrogen and oxygen atoms in total. The minimum absolute atomic E-state index is 0.119. The number of benzene rings is 2. The molecule has 3 aromatic rings. The molecule has 32 heavy (non-hydrogen) atoms. The summed E-state index contributed by atoms with van der Waals surface area (Å²) in [7, 11) is 3.23. The SMILES string of the molecule is Cc1c(-c2cccc(C(F)(F)F)c2)c2cc(C(=O)N(C)C)ccc2n1C/C(F)=C/CNCl. The van der Waals surface area contributed by atoms with Crippen LogP contribution in [0.1, 0.15) is 21.6 Å². The third-order valence-electron chi connectivity index (χ3n) is 5.16. The highest BCUT2D eigenvalue weighted by molar-refractivity contribution is 6.13. The number of amides is 1. The topological polar surface area (TPSA) is 37.3 Å². The van der Waals surface area contributed by atoms with E-state index >= 15 is 0 Å². The number of halogens is 5. The Balaban J connectivity index is 2.27. The second-order valence-corrected chi connectivity index (χ2v) is 7.81. The summed E-state index contributed by atoms with van der Waals surface area (Å²) in [6.07, 6.45) is -3.22. The lowest BCUT2D eigenvalue weighted by molar-refractivity contribution is -0.137. The molecule has 3 rings (SSSR count). The molecular formula is C23H22ClF4N3O. The number of alkyl halides is 3. The van der Waals surface area contributed by atoms with Crippen LogP contribution in [0.3, 0.4) is 0 Å². The van der Waals surface area contributed by atoms with Crippen molar-refractivity contribution < 1.29 is 22.4 Å². The van der Waals surface area contributed by atoms with E-state index in [-0.39, 0.29) is 19.0 Å². The normalized spacial score (nSPS) is 12.4. The first-order valence-electron chi connectivity index (χ1n) is 9.74. The van der Waals surface area contributed by atoms with E-state index in [0.29, 0.717) is 33.3 Å². The third kappa shape index (κ3) is 4.81. The molecule has 0 saturated carbocycles. The van der Waals surface area contributed by atoms with Gasteiger partial charge in [0, 0.05) is 48.4 Å². The van der Waals surface area contributed by atoms with Crippen LogP contribution in [0.4, 0.5) is 17.6 Å². The molecule has 0 aliphatic heterocycles. The number of carbonyl (C=O) groups is 1. The summed E-state index contributed by atoms with van der Waals surface area (Å²) in [6.45, 7) is 1.71. The zero-order valence-electron chi connectivity index (χ0n) is 17.7. The zero-order chi connectivity index (χ0) is 23.6. The van der Waals surface area contributed by atoms with Gasteiger partial charge in [-0.3, -0.25) is 4.79 Å². The van der Waals surface area contributed by atoms with Gasteiger partial charge in [0.25, 0.3) is 5.91 Å². The molecule has 0 bridgehead atoms. The summed E-state index contributed by atoms with van der Waals surface area (Å²) in [6, 6.07) is 9.92. The van der Waals surface area contributed by atoms with Crippen LogP contribution in [0.15, 0.2) is 54.4 Å². The third-order valence-corrected chi connectivity index (χ3v) is 5.32. The molecule has 0 aliphatic carbocycles. The molecule has 0 unspecified atom stereocenters. The van der Waals surface area contributed by atoms with Crippen LogP contribution in [0, 0.1) is 6.92 Å². The van der Waals surface area contributed by atoms with Crippen LogP contribution in [0.2, 0.25) is 0 Å². The highest BCUT2D eigenvalue weighted by atomic mass is 35.5. The largest absolute Gasteiger partial charge is 0.416 e. The van der Waals surface area contributed by atoms with Gasteiger partial charge < -0.3 is 9.47 Å². The fourth-order valence-corrected chi connectivity index (χ4v) is 3.73. The van der Waals surface area contributed by atoms with Crippen molar-refractivity contribution in [2.75, 3.05) is 20.6 Å². The molecule has 0 fully saturated rings. The monoisotopic (exact) mass is 467 g/mol. The first-order valence-corrected chi connectivity index (χ1v) is 10.1. The summed E-state index contributed by atoms with van der Waals surface area (Å²) in [5, 5.41) is 0.567. The van der Waals surface area contributed by atoms with E-state index in [0.717, 1.165) is 12.1 Å². The van der Waals surface area contributed by atoms with Gasteiger partial charge in [0.1, 0.15) is 5.83 Å². The summed E-state index contributed by atoms with van der Waals surface area (Å²) in [5.41, 5.74) is 1.64. The first kappa shape index (κ1) is 23.8. The number of nitrogens with one attached hydrogen (secondary N) is 1. The Bertz CT molecular complexity index is 1180. The van der Waals surface area contributed by atoms with Gasteiger partial charge in [0.2, 0.25) is 0 Å². The van der Waals surface area contributed by atoms with Gasteiger partial charge in [0.05, 0.1) is 12.1 Å². The van der Waals surface area contributed by atoms with E-state index in [4.69, 9.17) is 11.8 Å². The maximum absolute atomic E-state index is 14.5. The fourth-order valence-electron chi connectivity index (χ4n) is 3.66. The lowest BCUT2D eigenvalue weighted by Gasteiger charge is -2.11. The minimum atomic E-state index is -4.50. The summed E-state index contributed by atoms with van der Waals surface area (Å²) in [4.78, 5) is 16.2. The maximum atomic E-state index is 14.5. The van der Waals surface area contributed by atoms with Crippen LogP contribution in [-0.2, 0) is 12.7 Å². The second kappa shape index (κ2) is 9.34. The summed E-state index contributed by atoms with van der Waals surface area (Å²) in [5.74, 6) is -0.700. The zero-order valence-corrected chi connectivity index (χ0v) is 18.5. The quantitative estimate of drug-likeness (QED) is 0.360. The van der Waals surface area contributed by atoms with Gasteiger partial charge in [-0.1, -0.05) is 12.1 Å². The molecule has 1 N–H and O–H groups in total. The number of carbonyl (C=O) groups excluding carboxylic acids is 1. The van der Waals surface area contributed by atoms with Crippen molar-refractivity contribution in [2.24, 2.45) is 0 Å². The van der Waals surface area contributed by atoms with Gasteiger partial charge in [-0.25, -0.2) is 9.23 Å². The van der Waals surface area contributed by atoms with Gasteiger partial charge in [-0.15, -0.1) is 0 Å². The predicted octanol–water partition coefficient (Wildman–Crippen LogP) is 5.93. The van der Waals surface area contributed by atoms with Crippen molar-refractivity contribution in [1.82, 2.24) is 14.3 Å². The van der Waals surface area contributed by atoms with E-state index in [1.54, 1.807) is 49.9 Å². The molecule has 0 radical (unpaired) electrons. The van der Waals surface area contributed by atoms with Crippen molar-refractivity contribution in [3.8, 4) is 11.1 Å². The Morgan fingerprint density at radius 3 is 2.53 bits per heavy atom. The number of aromatic nitrogens is 1. The molecular weight excluding hydrogens is 446 g/mol. The lowest BCUT2D eigenvalue weighted by atomic mass is 9.99. The minimum Gasteiger partial charge on any atom is -0.345 e. The standard InChI is InChI=1S/C23H22ClF4N3O/c1-14-21(15-5-4-6-17(11-15)23(26,27)28)19-12-16(22(32)30(2)3)7-8-20(19)31(14)13-18(25)9-10-29-24/h4-9,11-12,29H,10,13H2,1-3H3/b18-9-. The molecule has 9 heteroatoms. The molecule has 1 aromatic heterocycles. The highest BCUT2D eigenvalue weighted by Gasteiger charge is 2.31. The molecule has 170 valence electrons. The van der Waals surface area contributed by atoms with Gasteiger partial charge in [-0.2, -0.15) is 13.2 Å². The highest BCUT2D eigenvalue weighted by Crippen LogP contribution is 2.38. The number of fused-ring (bicyclic) bond motifs is 1. The second-order valence-electron chi connectivity index (χ2n) is 7.55. The lowest BCUT2D eigenvalue weighted by Crippen LogP contribution is -2.21. The predicted molar refractivity (Wildman–Crippen MR) is 118 cm³/mol. The van der Waals surface area contributed by atoms with Crippen LogP contribution in [0.25, 0.3) is 22.0 Å². The Labute approximate surface area is 188 Å². The van der Waals surface area contributed by atoms with Crippen molar-refractivity contribution in [2.45, 2.75) is 19.6 Å². The maximum Gasteiger partial charge on any atom is 0.416 e. The van der Waals surface area contributed by atoms with E-state index in [1.807, 2.05) is 0 Å². The van der Waals surface area contributed by atoms with Crippen molar-refractivity contribution in [3.05, 3.63) is 71.2 Å². The van der Waals surface area contributed by atoms with Crippen molar-refractivity contribution >= 4 is 28.6 Å². The van der Waals surface area contributed by atoms with Crippen molar-refractivity contribution in [1.29, 1.82) is 0 Å². The number of nitrogens with zero attached hydrogens (tertiary/aromatic N) is 2. The van der Waals surface area contributed by atoms with Crippen molar-refractivity contribution in [3.63, 3.8) is 0 Å². The van der Waals surface area contributed by atoms with Gasteiger partial charge in [-0.05, 0) is 60.7 Å². The number of rotatable bonds is 6. The Kier molecular flexibility index (Phi) is 6.95. The van der Waals surface area contributed by atoms with E-state index in [2.05, 4.69) is 4.84 Å². The molecule has 0 aliphatic rings. The molecule has 1 heterocycles. The average Bonchev–Trinajstić information content (AvgIpc) is 3.01. The van der Waals surface area contributed by atoms with E-state index in [9.17, 15) is 22.4 Å². The molecule has 0 spiro atoms. The fraction of sp³-hybridized carbons (Fsp3) is 0.261. The number of hydrogen-bond donors (Lipinski definition) is 1. The van der Waals surface area contributed by atoms with E-state index in [1.165, 1.54) is 17.0 Å². The Morgan fingerprint density at radius 2 is 1.91 bits per heavy atom. The molecule has 1 amide bonds. The molecule has 2 aromatic carbocycles. The smallest absolute Gasteiger partial charge is 0.345 e. The summed E-state index contributed by atoms with van der Waals surface area (Å²) >= 11 is 5.39. The number of allylic oxidation sites excluding steroid dienone is 1. The van der Waals surface area contributed by atoms with E-state index < -0.39 is 17.6 Å².